The summed E-state index contributed by atoms with van der Waals surface area (Å²) in [7, 11) is 0. The summed E-state index contributed by atoms with van der Waals surface area (Å²) in [6, 6.07) is 14.3. The zero-order valence-electron chi connectivity index (χ0n) is 20.6. The smallest absolute Gasteiger partial charge is 0.341 e. The Morgan fingerprint density at radius 2 is 1.71 bits per heavy atom. The van der Waals surface area contributed by atoms with E-state index in [1.807, 2.05) is 24.3 Å². The van der Waals surface area contributed by atoms with Crippen LogP contribution in [-0.4, -0.2) is 59.1 Å². The number of carboxylic acids is 1. The number of hydrogen-bond donors (Lipinski definition) is 1. The van der Waals surface area contributed by atoms with Crippen LogP contribution in [0.4, 0.5) is 4.39 Å². The molecule has 35 heavy (non-hydrogen) atoms. The van der Waals surface area contributed by atoms with E-state index in [0.29, 0.717) is 11.7 Å². The van der Waals surface area contributed by atoms with Crippen LogP contribution in [-0.2, 0) is 22.6 Å². The summed E-state index contributed by atoms with van der Waals surface area (Å²) in [5.74, 6) is -0.000749. The Bertz CT molecular complexity index is 1010. The Kier molecular flexibility index (Phi) is 7.75. The summed E-state index contributed by atoms with van der Waals surface area (Å²) >= 11 is 0. The van der Waals surface area contributed by atoms with Crippen molar-refractivity contribution in [3.63, 3.8) is 0 Å². The van der Waals surface area contributed by atoms with Gasteiger partial charge in [0.05, 0.1) is 5.41 Å². The molecule has 6 nitrogen and oxygen atoms in total. The number of aliphatic carboxylic acids is 1. The van der Waals surface area contributed by atoms with Gasteiger partial charge in [-0.1, -0.05) is 38.1 Å². The van der Waals surface area contributed by atoms with Crippen molar-refractivity contribution < 1.29 is 23.8 Å². The second kappa shape index (κ2) is 10.8. The molecule has 2 fully saturated rings. The highest BCUT2D eigenvalue weighted by Gasteiger charge is 2.52. The summed E-state index contributed by atoms with van der Waals surface area (Å²) in [6.07, 6.45) is 3.32. The summed E-state index contributed by atoms with van der Waals surface area (Å²) in [5.41, 5.74) is 1.91. The standard InChI is InChI=1S/C28H35FN2O4/c1-20(2)17-31-24(15-21-3-7-23(29)8-4-21)16-28(27(31)34)11-13-30(14-12-28)18-22-5-9-25(10-6-22)35-19-26(32)33/h3-10,20,24H,11-19H2,1-2H3,(H,32,33). The molecule has 2 saturated heterocycles. The first-order valence-corrected chi connectivity index (χ1v) is 12.5. The highest BCUT2D eigenvalue weighted by atomic mass is 19.1. The van der Waals surface area contributed by atoms with Crippen molar-refractivity contribution in [2.24, 2.45) is 11.3 Å². The number of carbonyl (C=O) groups excluding carboxylic acids is 1. The Balaban J connectivity index is 1.37. The average Bonchev–Trinajstić information content (AvgIpc) is 3.06. The molecule has 2 aliphatic heterocycles. The molecule has 1 amide bonds. The second-order valence-corrected chi connectivity index (χ2v) is 10.4. The third kappa shape index (κ3) is 6.20. The van der Waals surface area contributed by atoms with Crippen LogP contribution >= 0.6 is 0 Å². The lowest BCUT2D eigenvalue weighted by Gasteiger charge is -2.38. The lowest BCUT2D eigenvalue weighted by Crippen LogP contribution is -2.45. The molecule has 0 aromatic heterocycles. The van der Waals surface area contributed by atoms with Gasteiger partial charge in [-0.15, -0.1) is 0 Å². The van der Waals surface area contributed by atoms with E-state index in [-0.39, 0.29) is 29.8 Å². The van der Waals surface area contributed by atoms with Crippen LogP contribution in [0.5, 0.6) is 5.75 Å². The molecule has 2 aliphatic rings. The number of hydrogen-bond acceptors (Lipinski definition) is 4. The van der Waals surface area contributed by atoms with Gasteiger partial charge in [-0.05, 0) is 80.1 Å². The number of benzene rings is 2. The van der Waals surface area contributed by atoms with Crippen LogP contribution in [0.3, 0.4) is 0 Å². The van der Waals surface area contributed by atoms with Gasteiger partial charge in [0.15, 0.2) is 6.61 Å². The van der Waals surface area contributed by atoms with Gasteiger partial charge in [0.2, 0.25) is 5.91 Å². The van der Waals surface area contributed by atoms with Crippen molar-refractivity contribution >= 4 is 11.9 Å². The van der Waals surface area contributed by atoms with Crippen LogP contribution in [0.25, 0.3) is 0 Å². The van der Waals surface area contributed by atoms with Crippen molar-refractivity contribution in [1.82, 2.24) is 9.80 Å². The molecular formula is C28H35FN2O4. The minimum Gasteiger partial charge on any atom is -0.482 e. The predicted octanol–water partition coefficient (Wildman–Crippen LogP) is 4.37. The van der Waals surface area contributed by atoms with Crippen LogP contribution in [0.15, 0.2) is 48.5 Å². The number of carbonyl (C=O) groups is 2. The van der Waals surface area contributed by atoms with Gasteiger partial charge < -0.3 is 14.7 Å². The van der Waals surface area contributed by atoms with Gasteiger partial charge in [0.1, 0.15) is 11.6 Å². The molecule has 188 valence electrons. The third-order valence-corrected chi connectivity index (χ3v) is 7.23. The van der Waals surface area contributed by atoms with Crippen LogP contribution in [0.1, 0.15) is 44.2 Å². The molecule has 7 heteroatoms. The van der Waals surface area contributed by atoms with E-state index in [1.54, 1.807) is 12.1 Å². The largest absolute Gasteiger partial charge is 0.482 e. The van der Waals surface area contributed by atoms with E-state index >= 15 is 0 Å². The minimum atomic E-state index is -0.996. The van der Waals surface area contributed by atoms with E-state index in [1.165, 1.54) is 12.1 Å². The van der Waals surface area contributed by atoms with E-state index in [0.717, 1.165) is 63.0 Å². The van der Waals surface area contributed by atoms with Crippen molar-refractivity contribution in [2.75, 3.05) is 26.2 Å². The number of amides is 1. The number of likely N-dealkylation sites (tertiary alicyclic amines) is 2. The molecule has 2 aromatic carbocycles. The van der Waals surface area contributed by atoms with Crippen molar-refractivity contribution in [3.8, 4) is 5.75 Å². The first-order chi connectivity index (χ1) is 16.7. The predicted molar refractivity (Wildman–Crippen MR) is 132 cm³/mol. The zero-order valence-corrected chi connectivity index (χ0v) is 20.6. The van der Waals surface area contributed by atoms with Gasteiger partial charge in [-0.2, -0.15) is 0 Å². The Labute approximate surface area is 206 Å². The lowest BCUT2D eigenvalue weighted by atomic mass is 9.75. The summed E-state index contributed by atoms with van der Waals surface area (Å²) < 4.78 is 18.6. The molecule has 1 unspecified atom stereocenters. The van der Waals surface area contributed by atoms with E-state index in [2.05, 4.69) is 23.6 Å². The minimum absolute atomic E-state index is 0.153. The average molecular weight is 483 g/mol. The van der Waals surface area contributed by atoms with Crippen LogP contribution in [0.2, 0.25) is 0 Å². The summed E-state index contributed by atoms with van der Waals surface area (Å²) in [6.45, 7) is 7.22. The normalized spacial score (nSPS) is 20.1. The molecule has 1 atom stereocenters. The molecule has 4 rings (SSSR count). The van der Waals surface area contributed by atoms with E-state index in [9.17, 15) is 14.0 Å². The maximum atomic E-state index is 13.7. The van der Waals surface area contributed by atoms with E-state index < -0.39 is 5.97 Å². The quantitative estimate of drug-likeness (QED) is 0.575. The van der Waals surface area contributed by atoms with Crippen molar-refractivity contribution in [2.45, 2.75) is 52.1 Å². The number of ether oxygens (including phenoxy) is 1. The first-order valence-electron chi connectivity index (χ1n) is 12.5. The topological polar surface area (TPSA) is 70.1 Å². The maximum Gasteiger partial charge on any atom is 0.341 e. The molecule has 1 spiro atoms. The Morgan fingerprint density at radius 1 is 1.09 bits per heavy atom. The SMILES string of the molecule is CC(C)CN1C(=O)C2(CCN(Cc3ccc(OCC(=O)O)cc3)CC2)CC1Cc1ccc(F)cc1. The van der Waals surface area contributed by atoms with Crippen LogP contribution < -0.4 is 4.74 Å². The fraction of sp³-hybridized carbons (Fsp3) is 0.500. The third-order valence-electron chi connectivity index (χ3n) is 7.23. The highest BCUT2D eigenvalue weighted by Crippen LogP contribution is 2.45. The molecule has 0 radical (unpaired) electrons. The lowest BCUT2D eigenvalue weighted by molar-refractivity contribution is -0.140. The van der Waals surface area contributed by atoms with Gasteiger partial charge >= 0.3 is 5.97 Å². The van der Waals surface area contributed by atoms with Gasteiger partial charge in [-0.25, -0.2) is 9.18 Å². The van der Waals surface area contributed by atoms with Gasteiger partial charge in [0.25, 0.3) is 0 Å². The Hall–Kier alpha value is -2.93. The fourth-order valence-corrected chi connectivity index (χ4v) is 5.47. The van der Waals surface area contributed by atoms with Crippen molar-refractivity contribution in [1.29, 1.82) is 0 Å². The molecule has 0 saturated carbocycles. The number of rotatable bonds is 9. The van der Waals surface area contributed by atoms with Gasteiger partial charge in [0, 0.05) is 19.1 Å². The first kappa shape index (κ1) is 25.2. The Morgan fingerprint density at radius 3 is 2.31 bits per heavy atom. The number of carboxylic acid groups (broad SMARTS) is 1. The monoisotopic (exact) mass is 482 g/mol. The number of halogens is 1. The number of nitrogens with zero attached hydrogens (tertiary/aromatic N) is 2. The molecule has 0 bridgehead atoms. The number of piperidine rings is 1. The summed E-state index contributed by atoms with van der Waals surface area (Å²) in [4.78, 5) is 28.8. The molecule has 2 heterocycles. The van der Waals surface area contributed by atoms with Crippen molar-refractivity contribution in [3.05, 3.63) is 65.5 Å². The van der Waals surface area contributed by atoms with Crippen LogP contribution in [0, 0.1) is 17.2 Å². The zero-order chi connectivity index (χ0) is 25.0. The summed E-state index contributed by atoms with van der Waals surface area (Å²) in [5, 5.41) is 8.74. The fourth-order valence-electron chi connectivity index (χ4n) is 5.47. The highest BCUT2D eigenvalue weighted by molar-refractivity contribution is 5.85. The van der Waals surface area contributed by atoms with Gasteiger partial charge in [-0.3, -0.25) is 9.69 Å². The molecular weight excluding hydrogens is 447 g/mol. The second-order valence-electron chi connectivity index (χ2n) is 10.4. The molecule has 1 N–H and O–H groups in total. The van der Waals surface area contributed by atoms with E-state index in [4.69, 9.17) is 9.84 Å². The molecule has 2 aromatic rings. The molecule has 0 aliphatic carbocycles. The maximum absolute atomic E-state index is 13.7.